The number of carbonyl (C=O) groups excluding carboxylic acids is 1. The number of carbonyl (C=O) groups is 1. The van der Waals surface area contributed by atoms with Gasteiger partial charge in [-0.2, -0.15) is 0 Å². The minimum atomic E-state index is -0.338. The molecule has 1 amide bonds. The highest BCUT2D eigenvalue weighted by Gasteiger charge is 2.29. The Hall–Kier alpha value is -3.28. The molecule has 2 heterocycles. The standard InChI is InChI=1S/C21H21N3O3/c1-13(2)24-11-17-9-16(7-8-18(17)20(24)26)15-5-3-14(4-6-15)10-23-12-19(25)22-21(23)27/h3-9,12-13,25H,10-11H2,1-2H3,(H,22,27). The fourth-order valence-electron chi connectivity index (χ4n) is 3.48. The van der Waals surface area contributed by atoms with E-state index >= 15 is 0 Å². The van der Waals surface area contributed by atoms with Crippen LogP contribution in [0.2, 0.25) is 0 Å². The molecule has 0 atom stereocenters. The van der Waals surface area contributed by atoms with Crippen molar-refractivity contribution >= 4 is 5.91 Å². The number of rotatable bonds is 4. The van der Waals surface area contributed by atoms with Crippen molar-refractivity contribution in [3.05, 3.63) is 75.8 Å². The Bertz CT molecular complexity index is 1060. The zero-order valence-electron chi connectivity index (χ0n) is 15.3. The normalized spacial score (nSPS) is 13.4. The van der Waals surface area contributed by atoms with E-state index in [0.717, 1.165) is 27.8 Å². The summed E-state index contributed by atoms with van der Waals surface area (Å²) in [5, 5.41) is 9.35. The van der Waals surface area contributed by atoms with Crippen molar-refractivity contribution in [1.29, 1.82) is 0 Å². The van der Waals surface area contributed by atoms with Crippen LogP contribution in [0.15, 0.2) is 53.5 Å². The van der Waals surface area contributed by atoms with Gasteiger partial charge >= 0.3 is 5.69 Å². The number of hydrogen-bond acceptors (Lipinski definition) is 3. The van der Waals surface area contributed by atoms with Crippen molar-refractivity contribution in [3.8, 4) is 17.0 Å². The van der Waals surface area contributed by atoms with Crippen LogP contribution in [-0.2, 0) is 13.1 Å². The van der Waals surface area contributed by atoms with Crippen molar-refractivity contribution in [2.24, 2.45) is 0 Å². The second-order valence-electron chi connectivity index (χ2n) is 7.17. The number of benzene rings is 2. The Labute approximate surface area is 156 Å². The number of aromatic hydroxyl groups is 1. The molecule has 0 bridgehead atoms. The fourth-order valence-corrected chi connectivity index (χ4v) is 3.48. The summed E-state index contributed by atoms with van der Waals surface area (Å²) in [7, 11) is 0. The van der Waals surface area contributed by atoms with Crippen LogP contribution in [0.4, 0.5) is 0 Å². The number of hydrogen-bond donors (Lipinski definition) is 2. The van der Waals surface area contributed by atoms with Gasteiger partial charge < -0.3 is 10.0 Å². The molecule has 0 fully saturated rings. The van der Waals surface area contributed by atoms with E-state index in [1.54, 1.807) is 0 Å². The van der Waals surface area contributed by atoms with E-state index in [2.05, 4.69) is 11.1 Å². The number of H-pyrrole nitrogens is 1. The first kappa shape index (κ1) is 17.1. The maximum absolute atomic E-state index is 12.4. The van der Waals surface area contributed by atoms with Gasteiger partial charge in [-0.05, 0) is 48.2 Å². The van der Waals surface area contributed by atoms with Gasteiger partial charge in [0.05, 0.1) is 12.7 Å². The van der Waals surface area contributed by atoms with Crippen LogP contribution in [0.25, 0.3) is 11.1 Å². The minimum absolute atomic E-state index is 0.0992. The average molecular weight is 363 g/mol. The van der Waals surface area contributed by atoms with E-state index in [4.69, 9.17) is 0 Å². The van der Waals surface area contributed by atoms with E-state index in [1.165, 1.54) is 10.8 Å². The van der Waals surface area contributed by atoms with E-state index < -0.39 is 0 Å². The highest BCUT2D eigenvalue weighted by molar-refractivity contribution is 5.99. The van der Waals surface area contributed by atoms with Crippen LogP contribution in [0.5, 0.6) is 5.88 Å². The first-order valence-electron chi connectivity index (χ1n) is 8.94. The molecule has 0 saturated carbocycles. The quantitative estimate of drug-likeness (QED) is 0.748. The molecule has 1 aliphatic heterocycles. The van der Waals surface area contributed by atoms with Crippen molar-refractivity contribution in [2.75, 3.05) is 0 Å². The predicted molar refractivity (Wildman–Crippen MR) is 103 cm³/mol. The maximum atomic E-state index is 12.4. The lowest BCUT2D eigenvalue weighted by Crippen LogP contribution is -2.30. The molecule has 0 radical (unpaired) electrons. The lowest BCUT2D eigenvalue weighted by molar-refractivity contribution is 0.0730. The average Bonchev–Trinajstić information content (AvgIpc) is 3.14. The van der Waals surface area contributed by atoms with Gasteiger partial charge in [0, 0.05) is 18.2 Å². The van der Waals surface area contributed by atoms with Gasteiger partial charge in [-0.15, -0.1) is 0 Å². The summed E-state index contributed by atoms with van der Waals surface area (Å²) in [6.45, 7) is 5.09. The molecule has 0 aliphatic carbocycles. The Kier molecular flexibility index (Phi) is 4.11. The van der Waals surface area contributed by atoms with Crippen molar-refractivity contribution in [2.45, 2.75) is 33.0 Å². The van der Waals surface area contributed by atoms with Gasteiger partial charge in [-0.25, -0.2) is 4.79 Å². The third-order valence-corrected chi connectivity index (χ3v) is 4.97. The van der Waals surface area contributed by atoms with E-state index in [-0.39, 0.29) is 23.5 Å². The Morgan fingerprint density at radius 1 is 1.07 bits per heavy atom. The number of fused-ring (bicyclic) bond motifs is 1. The molecule has 3 aromatic rings. The Morgan fingerprint density at radius 2 is 1.78 bits per heavy atom. The summed E-state index contributed by atoms with van der Waals surface area (Å²) >= 11 is 0. The number of amides is 1. The zero-order chi connectivity index (χ0) is 19.1. The van der Waals surface area contributed by atoms with Crippen LogP contribution < -0.4 is 5.69 Å². The van der Waals surface area contributed by atoms with E-state index in [0.29, 0.717) is 13.1 Å². The fraction of sp³-hybridized carbons (Fsp3) is 0.238. The second kappa shape index (κ2) is 6.46. The lowest BCUT2D eigenvalue weighted by atomic mass is 9.99. The molecule has 1 aromatic heterocycles. The maximum Gasteiger partial charge on any atom is 0.328 e. The van der Waals surface area contributed by atoms with Gasteiger partial charge in [0.15, 0.2) is 0 Å². The van der Waals surface area contributed by atoms with Crippen LogP contribution in [0, 0.1) is 0 Å². The number of nitrogens with one attached hydrogen (secondary N) is 1. The molecule has 2 aromatic carbocycles. The van der Waals surface area contributed by atoms with Gasteiger partial charge in [0.2, 0.25) is 5.88 Å². The third kappa shape index (κ3) is 3.14. The molecular weight excluding hydrogens is 342 g/mol. The molecule has 4 rings (SSSR count). The molecule has 2 N–H and O–H groups in total. The molecule has 27 heavy (non-hydrogen) atoms. The van der Waals surface area contributed by atoms with Crippen LogP contribution >= 0.6 is 0 Å². The lowest BCUT2D eigenvalue weighted by Gasteiger charge is -2.19. The van der Waals surface area contributed by atoms with Crippen LogP contribution in [0.1, 0.15) is 35.3 Å². The monoisotopic (exact) mass is 363 g/mol. The molecule has 0 unspecified atom stereocenters. The molecular formula is C21H21N3O3. The summed E-state index contributed by atoms with van der Waals surface area (Å²) in [5.41, 5.74) is 4.59. The van der Waals surface area contributed by atoms with Gasteiger partial charge in [0.25, 0.3) is 5.91 Å². The largest absolute Gasteiger partial charge is 0.493 e. The van der Waals surface area contributed by atoms with Crippen molar-refractivity contribution < 1.29 is 9.90 Å². The number of imidazole rings is 1. The topological polar surface area (TPSA) is 78.3 Å². The summed E-state index contributed by atoms with van der Waals surface area (Å²) in [5.74, 6) is -0.0400. The van der Waals surface area contributed by atoms with Gasteiger partial charge in [-0.3, -0.25) is 14.3 Å². The third-order valence-electron chi connectivity index (χ3n) is 4.97. The highest BCUT2D eigenvalue weighted by atomic mass is 16.3. The minimum Gasteiger partial charge on any atom is -0.493 e. The first-order valence-corrected chi connectivity index (χ1v) is 8.94. The predicted octanol–water partition coefficient (Wildman–Crippen LogP) is 2.96. The zero-order valence-corrected chi connectivity index (χ0v) is 15.3. The number of aromatic amines is 1. The van der Waals surface area contributed by atoms with Crippen molar-refractivity contribution in [3.63, 3.8) is 0 Å². The Balaban J connectivity index is 1.57. The highest BCUT2D eigenvalue weighted by Crippen LogP contribution is 2.29. The molecule has 138 valence electrons. The molecule has 6 nitrogen and oxygen atoms in total. The van der Waals surface area contributed by atoms with E-state index in [9.17, 15) is 14.7 Å². The van der Waals surface area contributed by atoms with Crippen molar-refractivity contribution in [1.82, 2.24) is 14.5 Å². The molecule has 6 heteroatoms. The number of aromatic nitrogens is 2. The molecule has 1 aliphatic rings. The molecule has 0 saturated heterocycles. The summed E-state index contributed by atoms with van der Waals surface area (Å²) in [6.07, 6.45) is 1.38. The van der Waals surface area contributed by atoms with Gasteiger partial charge in [-0.1, -0.05) is 30.3 Å². The van der Waals surface area contributed by atoms with Crippen LogP contribution in [-0.4, -0.2) is 31.5 Å². The number of nitrogens with zero attached hydrogens (tertiary/aromatic N) is 2. The summed E-state index contributed by atoms with van der Waals surface area (Å²) in [4.78, 5) is 28.3. The summed E-state index contributed by atoms with van der Waals surface area (Å²) in [6, 6.07) is 14.1. The van der Waals surface area contributed by atoms with Crippen LogP contribution in [0.3, 0.4) is 0 Å². The molecule has 0 spiro atoms. The Morgan fingerprint density at radius 3 is 2.41 bits per heavy atom. The van der Waals surface area contributed by atoms with Gasteiger partial charge in [0.1, 0.15) is 0 Å². The van der Waals surface area contributed by atoms with E-state index in [1.807, 2.05) is 55.1 Å². The second-order valence-corrected chi connectivity index (χ2v) is 7.17. The first-order chi connectivity index (χ1) is 12.9. The SMILES string of the molecule is CC(C)N1Cc2cc(-c3ccc(Cn4cc(O)[nH]c4=O)cc3)ccc2C1=O. The summed E-state index contributed by atoms with van der Waals surface area (Å²) < 4.78 is 1.42. The smallest absolute Gasteiger partial charge is 0.328 e.